The average molecular weight is 364 g/mol. The largest absolute Gasteiger partial charge is 0.496 e. The van der Waals surface area contributed by atoms with Gasteiger partial charge < -0.3 is 4.74 Å². The number of ketones is 1. The third-order valence-electron chi connectivity index (χ3n) is 2.68. The number of para-hydroxylation sites is 1. The smallest absolute Gasteiger partial charge is 0.185 e. The normalized spacial score (nSPS) is 10.6. The molecule has 0 aliphatic carbocycles. The van der Waals surface area contributed by atoms with E-state index in [4.69, 9.17) is 4.74 Å². The Morgan fingerprint density at radius 3 is 2.47 bits per heavy atom. The van der Waals surface area contributed by atoms with E-state index in [2.05, 4.69) is 22.6 Å². The van der Waals surface area contributed by atoms with Gasteiger partial charge in [-0.1, -0.05) is 30.3 Å². The summed E-state index contributed by atoms with van der Waals surface area (Å²) < 4.78 is 6.35. The summed E-state index contributed by atoms with van der Waals surface area (Å²) >= 11 is 2.21. The first-order valence-electron chi connectivity index (χ1n) is 5.81. The number of carbonyl (C=O) groups is 1. The van der Waals surface area contributed by atoms with Gasteiger partial charge in [-0.3, -0.25) is 4.79 Å². The average Bonchev–Trinajstić information content (AvgIpc) is 2.45. The van der Waals surface area contributed by atoms with Crippen molar-refractivity contribution in [2.45, 2.75) is 0 Å². The molecule has 2 rings (SSSR count). The van der Waals surface area contributed by atoms with E-state index in [9.17, 15) is 4.79 Å². The lowest BCUT2D eigenvalue weighted by molar-refractivity contribution is 0.104. The first kappa shape index (κ1) is 13.8. The highest BCUT2D eigenvalue weighted by molar-refractivity contribution is 14.1. The molecule has 0 saturated heterocycles. The van der Waals surface area contributed by atoms with Gasteiger partial charge in [0.25, 0.3) is 0 Å². The molecule has 0 aliphatic rings. The molecule has 0 aliphatic heterocycles. The highest BCUT2D eigenvalue weighted by atomic mass is 127. The van der Waals surface area contributed by atoms with Crippen LogP contribution in [0.15, 0.2) is 54.6 Å². The molecule has 0 radical (unpaired) electrons. The Morgan fingerprint density at radius 2 is 1.79 bits per heavy atom. The number of carbonyl (C=O) groups excluding carboxylic acids is 1. The van der Waals surface area contributed by atoms with Crippen molar-refractivity contribution in [3.63, 3.8) is 0 Å². The third-order valence-corrected chi connectivity index (χ3v) is 3.40. The number of methoxy groups -OCH3 is 1. The molecule has 96 valence electrons. The maximum atomic E-state index is 12.0. The summed E-state index contributed by atoms with van der Waals surface area (Å²) in [6.07, 6.45) is 3.35. The number of hydrogen-bond acceptors (Lipinski definition) is 2. The molecule has 3 heteroatoms. The van der Waals surface area contributed by atoms with Crippen LogP contribution >= 0.6 is 22.6 Å². The lowest BCUT2D eigenvalue weighted by Gasteiger charge is -2.03. The second-order valence-corrected chi connectivity index (χ2v) is 5.19. The Balaban J connectivity index is 2.18. The van der Waals surface area contributed by atoms with E-state index in [0.717, 1.165) is 14.9 Å². The van der Waals surface area contributed by atoms with E-state index in [1.165, 1.54) is 0 Å². The van der Waals surface area contributed by atoms with Gasteiger partial charge in [0.2, 0.25) is 0 Å². The maximum Gasteiger partial charge on any atom is 0.185 e. The van der Waals surface area contributed by atoms with Crippen molar-refractivity contribution in [2.75, 3.05) is 7.11 Å². The minimum absolute atomic E-state index is 0.0118. The second kappa shape index (κ2) is 6.52. The lowest BCUT2D eigenvalue weighted by Crippen LogP contribution is -1.94. The summed E-state index contributed by atoms with van der Waals surface area (Å²) in [5.74, 6) is 0.747. The SMILES string of the molecule is COc1ccccc1C=CC(=O)c1ccc(I)cc1. The van der Waals surface area contributed by atoms with Crippen LogP contribution in [0.25, 0.3) is 6.08 Å². The Morgan fingerprint density at radius 1 is 1.11 bits per heavy atom. The van der Waals surface area contributed by atoms with Crippen molar-refractivity contribution in [1.29, 1.82) is 0 Å². The van der Waals surface area contributed by atoms with Crippen molar-refractivity contribution >= 4 is 34.5 Å². The molecule has 2 nitrogen and oxygen atoms in total. The second-order valence-electron chi connectivity index (χ2n) is 3.95. The van der Waals surface area contributed by atoms with Gasteiger partial charge in [0.1, 0.15) is 5.75 Å². The highest BCUT2D eigenvalue weighted by Gasteiger charge is 2.02. The fourth-order valence-corrected chi connectivity index (χ4v) is 2.04. The zero-order chi connectivity index (χ0) is 13.7. The molecule has 0 aromatic heterocycles. The molecule has 2 aromatic rings. The molecule has 2 aromatic carbocycles. The minimum Gasteiger partial charge on any atom is -0.496 e. The van der Waals surface area contributed by atoms with Crippen LogP contribution in [-0.4, -0.2) is 12.9 Å². The van der Waals surface area contributed by atoms with Crippen molar-refractivity contribution in [2.24, 2.45) is 0 Å². The van der Waals surface area contributed by atoms with Crippen LogP contribution < -0.4 is 4.74 Å². The van der Waals surface area contributed by atoms with Crippen molar-refractivity contribution in [3.05, 3.63) is 69.3 Å². The predicted molar refractivity (Wildman–Crippen MR) is 85.5 cm³/mol. The van der Waals surface area contributed by atoms with Gasteiger partial charge in [-0.05, 0) is 52.9 Å². The van der Waals surface area contributed by atoms with Crippen molar-refractivity contribution in [3.8, 4) is 5.75 Å². The molecule has 0 atom stereocenters. The molecule has 0 heterocycles. The van der Waals surface area contributed by atoms with E-state index in [1.54, 1.807) is 19.3 Å². The minimum atomic E-state index is -0.0118. The van der Waals surface area contributed by atoms with E-state index in [1.807, 2.05) is 48.5 Å². The molecular weight excluding hydrogens is 351 g/mol. The topological polar surface area (TPSA) is 26.3 Å². The van der Waals surface area contributed by atoms with Gasteiger partial charge in [-0.15, -0.1) is 0 Å². The van der Waals surface area contributed by atoms with E-state index < -0.39 is 0 Å². The quantitative estimate of drug-likeness (QED) is 0.462. The standard InChI is InChI=1S/C16H13IO2/c1-19-16-5-3-2-4-13(16)8-11-15(18)12-6-9-14(17)10-7-12/h2-11H,1H3. The predicted octanol–water partition coefficient (Wildman–Crippen LogP) is 4.20. The lowest BCUT2D eigenvalue weighted by atomic mass is 10.1. The van der Waals surface area contributed by atoms with Crippen LogP contribution in [0, 0.1) is 3.57 Å². The summed E-state index contributed by atoms with van der Waals surface area (Å²) in [6.45, 7) is 0. The molecule has 0 amide bonds. The van der Waals surface area contributed by atoms with Gasteiger partial charge in [-0.25, -0.2) is 0 Å². The maximum absolute atomic E-state index is 12.0. The van der Waals surface area contributed by atoms with E-state index >= 15 is 0 Å². The molecule has 0 bridgehead atoms. The van der Waals surface area contributed by atoms with E-state index in [-0.39, 0.29) is 5.78 Å². The number of halogens is 1. The number of hydrogen-bond donors (Lipinski definition) is 0. The van der Waals surface area contributed by atoms with Gasteiger partial charge in [0, 0.05) is 14.7 Å². The van der Waals surface area contributed by atoms with Crippen LogP contribution in [0.5, 0.6) is 5.75 Å². The Hall–Kier alpha value is -1.62. The summed E-state index contributed by atoms with van der Waals surface area (Å²) in [5, 5.41) is 0. The molecule has 0 saturated carbocycles. The van der Waals surface area contributed by atoms with Crippen LogP contribution in [0.2, 0.25) is 0 Å². The van der Waals surface area contributed by atoms with Gasteiger partial charge in [-0.2, -0.15) is 0 Å². The summed E-state index contributed by atoms with van der Waals surface area (Å²) in [7, 11) is 1.62. The summed E-state index contributed by atoms with van der Waals surface area (Å²) in [4.78, 5) is 12.0. The summed E-state index contributed by atoms with van der Waals surface area (Å²) in [5.41, 5.74) is 1.58. The zero-order valence-corrected chi connectivity index (χ0v) is 12.6. The Labute approximate surface area is 126 Å². The number of benzene rings is 2. The molecule has 0 N–H and O–H groups in total. The highest BCUT2D eigenvalue weighted by Crippen LogP contribution is 2.19. The van der Waals surface area contributed by atoms with Gasteiger partial charge >= 0.3 is 0 Å². The van der Waals surface area contributed by atoms with Crippen molar-refractivity contribution in [1.82, 2.24) is 0 Å². The number of rotatable bonds is 4. The van der Waals surface area contributed by atoms with Crippen molar-refractivity contribution < 1.29 is 9.53 Å². The van der Waals surface area contributed by atoms with Crippen LogP contribution in [0.3, 0.4) is 0 Å². The van der Waals surface area contributed by atoms with Gasteiger partial charge in [0.05, 0.1) is 7.11 Å². The Bertz CT molecular complexity index is 600. The van der Waals surface area contributed by atoms with Crippen LogP contribution in [0.1, 0.15) is 15.9 Å². The molecule has 0 fully saturated rings. The third kappa shape index (κ3) is 3.67. The first-order chi connectivity index (χ1) is 9.20. The number of ether oxygens (including phenoxy) is 1. The molecule has 19 heavy (non-hydrogen) atoms. The fraction of sp³-hybridized carbons (Fsp3) is 0.0625. The van der Waals surface area contributed by atoms with Crippen LogP contribution in [0.4, 0.5) is 0 Å². The van der Waals surface area contributed by atoms with E-state index in [0.29, 0.717) is 5.56 Å². The number of allylic oxidation sites excluding steroid dienone is 1. The van der Waals surface area contributed by atoms with Crippen LogP contribution in [-0.2, 0) is 0 Å². The fourth-order valence-electron chi connectivity index (χ4n) is 1.68. The molecule has 0 unspecified atom stereocenters. The molecule has 0 spiro atoms. The monoisotopic (exact) mass is 364 g/mol. The zero-order valence-electron chi connectivity index (χ0n) is 10.5. The molecular formula is C16H13IO2. The Kier molecular flexibility index (Phi) is 4.74. The summed E-state index contributed by atoms with van der Waals surface area (Å²) in [6, 6.07) is 15.1. The van der Waals surface area contributed by atoms with Gasteiger partial charge in [0.15, 0.2) is 5.78 Å². The first-order valence-corrected chi connectivity index (χ1v) is 6.89.